The predicted molar refractivity (Wildman–Crippen MR) is 169 cm³/mol. The van der Waals surface area contributed by atoms with Gasteiger partial charge in [0.1, 0.15) is 12.3 Å². The molecule has 40 heavy (non-hydrogen) atoms. The number of para-hydroxylation sites is 1. The van der Waals surface area contributed by atoms with Gasteiger partial charge >= 0.3 is 5.97 Å². The first-order valence-corrected chi connectivity index (χ1v) is 16.2. The average molecular weight is 553 g/mol. The van der Waals surface area contributed by atoms with E-state index in [0.717, 1.165) is 36.2 Å². The SMILES string of the molecule is CCCCCCCCCCCCCc1ccccc1OC(C)CCOC(=O)CCC[N+](C)(C)Cc1ccccc1. The summed E-state index contributed by atoms with van der Waals surface area (Å²) in [5.74, 6) is 0.871. The Hall–Kier alpha value is -2.33. The molecule has 0 radical (unpaired) electrons. The highest BCUT2D eigenvalue weighted by Crippen LogP contribution is 2.23. The van der Waals surface area contributed by atoms with Crippen molar-refractivity contribution in [1.29, 1.82) is 0 Å². The third kappa shape index (κ3) is 16.1. The molecule has 2 aromatic carbocycles. The Kier molecular flexibility index (Phi) is 17.4. The molecular formula is C36H58NO3+. The molecular weight excluding hydrogens is 494 g/mol. The molecule has 2 rings (SSSR count). The molecule has 0 N–H and O–H groups in total. The maximum Gasteiger partial charge on any atom is 0.306 e. The maximum atomic E-state index is 12.3. The van der Waals surface area contributed by atoms with Crippen LogP contribution in [-0.2, 0) is 22.5 Å². The Morgan fingerprint density at radius 1 is 0.775 bits per heavy atom. The van der Waals surface area contributed by atoms with Gasteiger partial charge in [0, 0.05) is 18.4 Å². The molecule has 1 unspecified atom stereocenters. The number of unbranched alkanes of at least 4 members (excludes halogenated alkanes) is 10. The summed E-state index contributed by atoms with van der Waals surface area (Å²) in [4.78, 5) is 12.3. The number of hydrogen-bond acceptors (Lipinski definition) is 3. The Bertz CT molecular complexity index is 911. The number of hydrogen-bond donors (Lipinski definition) is 0. The molecule has 0 amide bonds. The van der Waals surface area contributed by atoms with Gasteiger partial charge < -0.3 is 14.0 Å². The minimum Gasteiger partial charge on any atom is -0.490 e. The first-order valence-electron chi connectivity index (χ1n) is 16.2. The van der Waals surface area contributed by atoms with Crippen molar-refractivity contribution < 1.29 is 18.8 Å². The summed E-state index contributed by atoms with van der Waals surface area (Å²) in [6, 6.07) is 18.9. The van der Waals surface area contributed by atoms with E-state index in [4.69, 9.17) is 9.47 Å². The summed E-state index contributed by atoms with van der Waals surface area (Å²) in [7, 11) is 4.43. The minimum absolute atomic E-state index is 0.00717. The van der Waals surface area contributed by atoms with Gasteiger partial charge in [-0.05, 0) is 31.4 Å². The third-order valence-electron chi connectivity index (χ3n) is 7.74. The van der Waals surface area contributed by atoms with Crippen molar-refractivity contribution >= 4 is 5.97 Å². The van der Waals surface area contributed by atoms with Gasteiger partial charge in [-0.15, -0.1) is 0 Å². The van der Waals surface area contributed by atoms with Crippen LogP contribution < -0.4 is 4.74 Å². The van der Waals surface area contributed by atoms with Crippen molar-refractivity contribution in [3.63, 3.8) is 0 Å². The van der Waals surface area contributed by atoms with E-state index < -0.39 is 0 Å². The van der Waals surface area contributed by atoms with E-state index >= 15 is 0 Å². The molecule has 0 spiro atoms. The van der Waals surface area contributed by atoms with Crippen LogP contribution in [0.5, 0.6) is 5.75 Å². The van der Waals surface area contributed by atoms with Crippen LogP contribution in [0.15, 0.2) is 54.6 Å². The Labute approximate surface area is 246 Å². The summed E-state index contributed by atoms with van der Waals surface area (Å²) < 4.78 is 12.7. The number of nitrogens with zero attached hydrogens (tertiary/aromatic N) is 1. The quantitative estimate of drug-likeness (QED) is 0.0783. The van der Waals surface area contributed by atoms with Crippen molar-refractivity contribution in [2.45, 2.75) is 123 Å². The summed E-state index contributed by atoms with van der Waals surface area (Å²) in [5, 5.41) is 0. The number of benzene rings is 2. The van der Waals surface area contributed by atoms with Crippen LogP contribution in [0, 0.1) is 0 Å². The lowest BCUT2D eigenvalue weighted by atomic mass is 10.0. The van der Waals surface area contributed by atoms with Crippen molar-refractivity contribution in [2.24, 2.45) is 0 Å². The number of esters is 1. The van der Waals surface area contributed by atoms with Crippen molar-refractivity contribution in [1.82, 2.24) is 0 Å². The van der Waals surface area contributed by atoms with Gasteiger partial charge in [-0.2, -0.15) is 0 Å². The molecule has 1 atom stereocenters. The van der Waals surface area contributed by atoms with Gasteiger partial charge in [0.15, 0.2) is 0 Å². The zero-order chi connectivity index (χ0) is 28.9. The second-order valence-electron chi connectivity index (χ2n) is 12.2. The second kappa shape index (κ2) is 20.5. The molecule has 0 aliphatic heterocycles. The topological polar surface area (TPSA) is 35.5 Å². The van der Waals surface area contributed by atoms with Gasteiger partial charge in [-0.1, -0.05) is 120 Å². The first-order chi connectivity index (χ1) is 19.4. The van der Waals surface area contributed by atoms with Gasteiger partial charge in [0.05, 0.1) is 39.8 Å². The fourth-order valence-corrected chi connectivity index (χ4v) is 5.30. The van der Waals surface area contributed by atoms with Crippen LogP contribution in [0.1, 0.15) is 115 Å². The molecule has 224 valence electrons. The number of aryl methyl sites for hydroxylation is 1. The highest BCUT2D eigenvalue weighted by Gasteiger charge is 2.17. The fourth-order valence-electron chi connectivity index (χ4n) is 5.30. The Balaban J connectivity index is 1.56. The smallest absolute Gasteiger partial charge is 0.306 e. The molecule has 4 nitrogen and oxygen atoms in total. The van der Waals surface area contributed by atoms with Gasteiger partial charge in [-0.3, -0.25) is 4.79 Å². The lowest BCUT2D eigenvalue weighted by Crippen LogP contribution is -2.39. The largest absolute Gasteiger partial charge is 0.490 e. The van der Waals surface area contributed by atoms with E-state index in [1.165, 1.54) is 81.8 Å². The molecule has 4 heteroatoms. The molecule has 0 aromatic heterocycles. The number of carbonyl (C=O) groups is 1. The lowest BCUT2D eigenvalue weighted by Gasteiger charge is -2.29. The van der Waals surface area contributed by atoms with Crippen molar-refractivity contribution in [2.75, 3.05) is 27.2 Å². The van der Waals surface area contributed by atoms with Gasteiger partial charge in [0.25, 0.3) is 0 Å². The lowest BCUT2D eigenvalue weighted by molar-refractivity contribution is -0.903. The Morgan fingerprint density at radius 2 is 1.38 bits per heavy atom. The zero-order valence-electron chi connectivity index (χ0n) is 26.2. The second-order valence-corrected chi connectivity index (χ2v) is 12.2. The average Bonchev–Trinajstić information content (AvgIpc) is 2.92. The number of ether oxygens (including phenoxy) is 2. The Morgan fingerprint density at radius 3 is 2.05 bits per heavy atom. The molecule has 0 saturated heterocycles. The fraction of sp³-hybridized carbons (Fsp3) is 0.639. The summed E-state index contributed by atoms with van der Waals surface area (Å²) in [5.41, 5.74) is 2.61. The standard InChI is InChI=1S/C36H58NO3/c1-5-6-7-8-9-10-11-12-13-14-18-24-34-25-19-20-26-35(34)40-32(2)28-30-39-36(38)27-21-29-37(3,4)31-33-22-16-15-17-23-33/h15-17,19-20,22-23,25-26,32H,5-14,18,21,24,27-31H2,1-4H3/q+1. The highest BCUT2D eigenvalue weighted by molar-refractivity contribution is 5.69. The third-order valence-corrected chi connectivity index (χ3v) is 7.74. The summed E-state index contributed by atoms with van der Waals surface area (Å²) >= 11 is 0. The van der Waals surface area contributed by atoms with Gasteiger partial charge in [-0.25, -0.2) is 0 Å². The first kappa shape index (κ1) is 33.9. The molecule has 0 saturated carbocycles. The molecule has 0 heterocycles. The van der Waals surface area contributed by atoms with Crippen molar-refractivity contribution in [3.8, 4) is 5.75 Å². The van der Waals surface area contributed by atoms with Crippen LogP contribution in [0.25, 0.3) is 0 Å². The monoisotopic (exact) mass is 552 g/mol. The van der Waals surface area contributed by atoms with E-state index in [-0.39, 0.29) is 12.1 Å². The van der Waals surface area contributed by atoms with E-state index in [0.29, 0.717) is 19.4 Å². The number of carbonyl (C=O) groups excluding carboxylic acids is 1. The number of quaternary nitrogens is 1. The van der Waals surface area contributed by atoms with Crippen LogP contribution in [-0.4, -0.2) is 43.8 Å². The molecule has 2 aromatic rings. The van der Waals surface area contributed by atoms with Crippen LogP contribution in [0.4, 0.5) is 0 Å². The van der Waals surface area contributed by atoms with Gasteiger partial charge in [0.2, 0.25) is 0 Å². The molecule has 0 aliphatic rings. The van der Waals surface area contributed by atoms with Crippen LogP contribution >= 0.6 is 0 Å². The zero-order valence-corrected chi connectivity index (χ0v) is 26.2. The molecule has 0 bridgehead atoms. The van der Waals surface area contributed by atoms with E-state index in [2.05, 4.69) is 70.4 Å². The van der Waals surface area contributed by atoms with Crippen LogP contribution in [0.3, 0.4) is 0 Å². The maximum absolute atomic E-state index is 12.3. The predicted octanol–water partition coefficient (Wildman–Crippen LogP) is 9.30. The molecule has 0 aliphatic carbocycles. The van der Waals surface area contributed by atoms with Crippen LogP contribution in [0.2, 0.25) is 0 Å². The van der Waals surface area contributed by atoms with E-state index in [1.807, 2.05) is 12.1 Å². The van der Waals surface area contributed by atoms with E-state index in [9.17, 15) is 4.79 Å². The minimum atomic E-state index is -0.108. The normalized spacial score (nSPS) is 12.3. The van der Waals surface area contributed by atoms with Crippen molar-refractivity contribution in [3.05, 3.63) is 65.7 Å². The number of rotatable bonds is 23. The summed E-state index contributed by atoms with van der Waals surface area (Å²) in [6.45, 7) is 6.66. The highest BCUT2D eigenvalue weighted by atomic mass is 16.5. The van der Waals surface area contributed by atoms with E-state index in [1.54, 1.807) is 0 Å². The summed E-state index contributed by atoms with van der Waals surface area (Å²) in [6.07, 6.45) is 18.0. The molecule has 0 fully saturated rings.